The van der Waals surface area contributed by atoms with Gasteiger partial charge >= 0.3 is 0 Å². The largest absolute Gasteiger partial charge is 0.462 e. The van der Waals surface area contributed by atoms with Gasteiger partial charge in [0.2, 0.25) is 31.0 Å². The number of carbonyl (C=O) groups is 9. The van der Waals surface area contributed by atoms with Crippen molar-refractivity contribution in [2.45, 2.75) is 182 Å². The number of rotatable bonds is 28. The molecule has 0 heterocycles. The molecule has 0 fully saturated rings. The number of allylic oxidation sites excluding steroid dienone is 2. The smallest absolute Gasteiger partial charge is 0.293 e. The first-order valence-corrected chi connectivity index (χ1v) is 27.2. The van der Waals surface area contributed by atoms with Crippen LogP contribution in [0.25, 0.3) is 0 Å². The second kappa shape index (κ2) is 70.4. The molecule has 0 spiro atoms. The van der Waals surface area contributed by atoms with Gasteiger partial charge in [-0.25, -0.2) is 0 Å². The lowest BCUT2D eigenvalue weighted by molar-refractivity contribution is -0.138. The van der Waals surface area contributed by atoms with Crippen LogP contribution in [0.4, 0.5) is 0 Å². The Labute approximate surface area is 494 Å². The van der Waals surface area contributed by atoms with Crippen molar-refractivity contribution < 1.29 is 62.1 Å². The van der Waals surface area contributed by atoms with Gasteiger partial charge in [0.05, 0.1) is 36.5 Å². The van der Waals surface area contributed by atoms with E-state index in [4.69, 9.17) is 34.3 Å². The number of primary amides is 4. The molecule has 2 aromatic rings. The third-order valence-corrected chi connectivity index (χ3v) is 9.26. The van der Waals surface area contributed by atoms with Gasteiger partial charge in [-0.1, -0.05) is 137 Å². The summed E-state index contributed by atoms with van der Waals surface area (Å²) in [6.45, 7) is 32.4. The Kier molecular flexibility index (Phi) is 78.8. The SMILES string of the molecule is C=C/C=C(\C=C)COCCNC.CC(C)(C)OC=O.CCCCCCCCC(=O)NC(C=O)Cc1ccccc1.COC(C)(C)C.COC(C)(C)C.Cc1ccccc1.NC(=O)CCCNC(C=O)CCC=O.NC=O.NC=O.NC=O. The van der Waals surface area contributed by atoms with E-state index in [0.29, 0.717) is 58.1 Å². The summed E-state index contributed by atoms with van der Waals surface area (Å²) in [6, 6.07) is 19.3. The quantitative estimate of drug-likeness (QED) is 0.0244. The number of nitrogens with two attached hydrogens (primary N) is 4. The van der Waals surface area contributed by atoms with Gasteiger partial charge in [-0.15, -0.1) is 0 Å². The van der Waals surface area contributed by atoms with Gasteiger partial charge in [0.25, 0.3) is 6.47 Å². The highest BCUT2D eigenvalue weighted by molar-refractivity contribution is 5.79. The molecular formula is C62H111N7O13. The van der Waals surface area contributed by atoms with Crippen LogP contribution in [-0.2, 0) is 68.5 Å². The molecule has 0 aliphatic carbocycles. The number of aldehydes is 3. The number of unbranched alkanes of at least 4 members (excludes halogenated alkanes) is 5. The van der Waals surface area contributed by atoms with Crippen molar-refractivity contribution in [3.63, 3.8) is 0 Å². The summed E-state index contributed by atoms with van der Waals surface area (Å²) >= 11 is 0. The van der Waals surface area contributed by atoms with Crippen molar-refractivity contribution in [2.75, 3.05) is 47.6 Å². The van der Waals surface area contributed by atoms with Crippen LogP contribution in [0.1, 0.15) is 151 Å². The lowest BCUT2D eigenvalue weighted by Gasteiger charge is -2.14. The number of aryl methyl sites for hydroxylation is 1. The van der Waals surface area contributed by atoms with Crippen LogP contribution in [0.3, 0.4) is 0 Å². The van der Waals surface area contributed by atoms with Crippen LogP contribution >= 0.6 is 0 Å². The van der Waals surface area contributed by atoms with Crippen molar-refractivity contribution in [1.82, 2.24) is 16.0 Å². The Hall–Kier alpha value is -6.71. The molecule has 82 heavy (non-hydrogen) atoms. The first-order chi connectivity index (χ1) is 38.6. The lowest BCUT2D eigenvalue weighted by atomic mass is 10.1. The van der Waals surface area contributed by atoms with E-state index < -0.39 is 6.04 Å². The Morgan fingerprint density at radius 2 is 1.12 bits per heavy atom. The highest BCUT2D eigenvalue weighted by Gasteiger charge is 2.12. The Morgan fingerprint density at radius 1 is 0.659 bits per heavy atom. The zero-order valence-corrected chi connectivity index (χ0v) is 52.5. The van der Waals surface area contributed by atoms with Crippen molar-refractivity contribution in [3.05, 3.63) is 109 Å². The molecule has 5 amide bonds. The van der Waals surface area contributed by atoms with Gasteiger partial charge < -0.3 is 72.2 Å². The first kappa shape index (κ1) is 91.8. The van der Waals surface area contributed by atoms with Crippen molar-refractivity contribution in [1.29, 1.82) is 0 Å². The summed E-state index contributed by atoms with van der Waals surface area (Å²) in [6.07, 6.45) is 18.4. The summed E-state index contributed by atoms with van der Waals surface area (Å²) in [5.74, 6) is -0.360. The van der Waals surface area contributed by atoms with E-state index in [0.717, 1.165) is 56.0 Å². The van der Waals surface area contributed by atoms with Crippen molar-refractivity contribution in [3.8, 4) is 0 Å². The van der Waals surface area contributed by atoms with Gasteiger partial charge in [-0.05, 0) is 120 Å². The molecule has 2 aromatic carbocycles. The minimum atomic E-state index is -0.417. The zero-order valence-electron chi connectivity index (χ0n) is 52.5. The fraction of sp³-hybridized carbons (Fsp3) is 0.565. The minimum absolute atomic E-state index is 0.0153. The van der Waals surface area contributed by atoms with Crippen molar-refractivity contribution >= 4 is 56.4 Å². The fourth-order valence-electron chi connectivity index (χ4n) is 4.73. The summed E-state index contributed by atoms with van der Waals surface area (Å²) < 4.78 is 19.8. The molecule has 0 radical (unpaired) electrons. The van der Waals surface area contributed by atoms with Crippen LogP contribution in [-0.4, -0.2) is 133 Å². The molecule has 0 aliphatic heterocycles. The summed E-state index contributed by atoms with van der Waals surface area (Å²) in [4.78, 5) is 89.1. The second-order valence-electron chi connectivity index (χ2n) is 19.9. The molecule has 0 saturated carbocycles. The van der Waals surface area contributed by atoms with Gasteiger partial charge in [0.1, 0.15) is 24.5 Å². The molecule has 0 aliphatic rings. The van der Waals surface area contributed by atoms with Crippen LogP contribution in [0.2, 0.25) is 0 Å². The van der Waals surface area contributed by atoms with E-state index >= 15 is 0 Å². The van der Waals surface area contributed by atoms with Crippen LogP contribution in [0, 0.1) is 6.92 Å². The van der Waals surface area contributed by atoms with Gasteiger partial charge in [-0.2, -0.15) is 0 Å². The number of benzene rings is 2. The van der Waals surface area contributed by atoms with E-state index in [1.54, 1.807) is 26.4 Å². The van der Waals surface area contributed by atoms with E-state index in [1.807, 2.05) is 124 Å². The topological polar surface area (TPSA) is 331 Å². The molecule has 2 rings (SSSR count). The highest BCUT2D eigenvalue weighted by Crippen LogP contribution is 2.08. The van der Waals surface area contributed by atoms with E-state index in [1.165, 1.54) is 31.2 Å². The van der Waals surface area contributed by atoms with Crippen LogP contribution in [0.5, 0.6) is 0 Å². The number of hydrogen-bond acceptors (Lipinski definition) is 15. The maximum absolute atomic E-state index is 11.8. The lowest BCUT2D eigenvalue weighted by Crippen LogP contribution is -2.37. The van der Waals surface area contributed by atoms with Gasteiger partial charge in [-0.3, -0.25) is 28.8 Å². The molecule has 11 N–H and O–H groups in total. The third kappa shape index (κ3) is 102. The number of likely N-dealkylation sites (N-methyl/N-ethyl adjacent to an activating group) is 1. The molecular weight excluding hydrogens is 1050 g/mol. The first-order valence-electron chi connectivity index (χ1n) is 27.2. The average Bonchev–Trinajstić information content (AvgIpc) is 3.41. The number of carbonyl (C=O) groups excluding carboxylic acids is 9. The third-order valence-electron chi connectivity index (χ3n) is 9.26. The summed E-state index contributed by atoms with van der Waals surface area (Å²) in [5.41, 5.74) is 20.6. The number of nitrogens with one attached hydrogen (secondary N) is 3. The second-order valence-corrected chi connectivity index (χ2v) is 19.9. The van der Waals surface area contributed by atoms with Crippen LogP contribution in [0.15, 0.2) is 97.6 Å². The molecule has 0 saturated heterocycles. The van der Waals surface area contributed by atoms with Crippen LogP contribution < -0.4 is 38.9 Å². The standard InChI is InChI=1S/C18H27NO2.C10H17NO.C9H16N2O3.C7H8.C5H10O2.2C5H12O.3CH3NO/c1-2-3-4-5-6-10-13-18(21)19-17(15-20)14-16-11-8-7-9-12-16;1-4-6-10(5-2)9-12-8-7-11-3;10-9(14)4-1-5-11-8(7-13)3-2-6-12;1-7-5-3-2-4-6-7;1-5(2,3)7-4-6;2*1-5(2,3)6-4;3*2-1-3/h7-9,11-12,15,17H,2-6,10,13-14H2,1H3,(H,19,21);4-6,11H,1-2,7-9H2,3H3;6-8,11H,1-5H2,(H2,10,14);2-6H,1H3;4H,1-3H3;2*1-4H3;3*1H,(H2,2,3)/b;10-6+;;;;;;;;. The molecule has 2 unspecified atom stereocenters. The van der Waals surface area contributed by atoms with E-state index in [-0.39, 0.29) is 53.9 Å². The number of methoxy groups -OCH3 is 2. The number of ether oxygens (including phenoxy) is 4. The summed E-state index contributed by atoms with van der Waals surface area (Å²) in [5, 5.41) is 8.74. The van der Waals surface area contributed by atoms with Gasteiger partial charge in [0.15, 0.2) is 0 Å². The fourth-order valence-corrected chi connectivity index (χ4v) is 4.73. The number of amides is 5. The Bertz CT molecular complexity index is 1790. The number of hydrogen-bond donors (Lipinski definition) is 7. The Morgan fingerprint density at radius 3 is 1.46 bits per heavy atom. The zero-order chi connectivity index (χ0) is 64.9. The van der Waals surface area contributed by atoms with Gasteiger partial charge in [0, 0.05) is 40.0 Å². The summed E-state index contributed by atoms with van der Waals surface area (Å²) in [7, 11) is 5.32. The van der Waals surface area contributed by atoms with Crippen molar-refractivity contribution in [2.24, 2.45) is 22.9 Å². The molecule has 2 atom stereocenters. The maximum atomic E-state index is 11.8. The molecule has 20 heteroatoms. The highest BCUT2D eigenvalue weighted by atomic mass is 16.5. The minimum Gasteiger partial charge on any atom is -0.462 e. The molecule has 0 aromatic heterocycles. The van der Waals surface area contributed by atoms with E-state index in [2.05, 4.69) is 77.0 Å². The molecule has 0 bridgehead atoms. The monoisotopic (exact) mass is 1160 g/mol. The normalized spacial score (nSPS) is 10.6. The average molecular weight is 1160 g/mol. The molecule has 472 valence electrons. The van der Waals surface area contributed by atoms with E-state index in [9.17, 15) is 28.8 Å². The predicted octanol–water partition coefficient (Wildman–Crippen LogP) is 7.69. The predicted molar refractivity (Wildman–Crippen MR) is 333 cm³/mol. The Balaban J connectivity index is -0.000000132. The molecule has 20 nitrogen and oxygen atoms in total. The maximum Gasteiger partial charge on any atom is 0.293 e.